The highest BCUT2D eigenvalue weighted by atomic mass is 16.5. The van der Waals surface area contributed by atoms with Gasteiger partial charge in [-0.2, -0.15) is 4.73 Å². The molecule has 0 aliphatic heterocycles. The molecule has 6 heteroatoms. The smallest absolute Gasteiger partial charge is 0.189 e. The van der Waals surface area contributed by atoms with Crippen molar-refractivity contribution >= 4 is 11.4 Å². The number of hydrogen-bond acceptors (Lipinski definition) is 5. The Morgan fingerprint density at radius 3 is 2.63 bits per heavy atom. The van der Waals surface area contributed by atoms with E-state index in [1.54, 1.807) is 30.4 Å². The molecular formula is C13H15N5O. The van der Waals surface area contributed by atoms with Crippen LogP contribution in [0, 0.1) is 5.41 Å². The molecule has 1 heterocycles. The molecule has 0 unspecified atom stereocenters. The first kappa shape index (κ1) is 12.8. The molecule has 1 aromatic rings. The summed E-state index contributed by atoms with van der Waals surface area (Å²) in [5.74, 6) is 0. The minimum atomic E-state index is 0.287. The lowest BCUT2D eigenvalue weighted by Gasteiger charge is -2.16. The van der Waals surface area contributed by atoms with Gasteiger partial charge in [-0.3, -0.25) is 5.41 Å². The van der Waals surface area contributed by atoms with Gasteiger partial charge in [0.25, 0.3) is 0 Å². The average Bonchev–Trinajstić information content (AvgIpc) is 2.39. The van der Waals surface area contributed by atoms with Crippen molar-refractivity contribution in [1.29, 1.82) is 5.41 Å². The van der Waals surface area contributed by atoms with Crippen LogP contribution in [-0.2, 0) is 0 Å². The molecule has 0 spiro atoms. The Hall–Kier alpha value is -2.63. The Bertz CT molecular complexity index is 649. The molecule has 0 bridgehead atoms. The van der Waals surface area contributed by atoms with E-state index >= 15 is 0 Å². The van der Waals surface area contributed by atoms with Gasteiger partial charge in [0, 0.05) is 26.0 Å². The van der Waals surface area contributed by atoms with E-state index in [1.165, 1.54) is 6.20 Å². The van der Waals surface area contributed by atoms with Gasteiger partial charge in [0.15, 0.2) is 5.49 Å². The van der Waals surface area contributed by atoms with Crippen LogP contribution >= 0.6 is 0 Å². The van der Waals surface area contributed by atoms with E-state index in [9.17, 15) is 5.21 Å². The molecule has 6 nitrogen and oxygen atoms in total. The van der Waals surface area contributed by atoms with Crippen molar-refractivity contribution < 1.29 is 5.21 Å². The van der Waals surface area contributed by atoms with E-state index in [-0.39, 0.29) is 5.71 Å². The zero-order chi connectivity index (χ0) is 13.8. The van der Waals surface area contributed by atoms with Gasteiger partial charge in [0.2, 0.25) is 0 Å². The average molecular weight is 257 g/mol. The minimum absolute atomic E-state index is 0.287. The van der Waals surface area contributed by atoms with Crippen LogP contribution in [0.4, 0.5) is 0 Å². The zero-order valence-corrected chi connectivity index (χ0v) is 10.8. The van der Waals surface area contributed by atoms with Crippen LogP contribution in [0.2, 0.25) is 0 Å². The monoisotopic (exact) mass is 257 g/mol. The maximum atomic E-state index is 9.48. The third-order valence-corrected chi connectivity index (χ3v) is 2.58. The highest BCUT2D eigenvalue weighted by molar-refractivity contribution is 6.50. The molecule has 19 heavy (non-hydrogen) atoms. The number of likely N-dealkylation sites (N-methyl/N-ethyl adjacent to an activating group) is 1. The third-order valence-electron chi connectivity index (χ3n) is 2.58. The third kappa shape index (κ3) is 2.98. The zero-order valence-electron chi connectivity index (χ0n) is 10.8. The Morgan fingerprint density at radius 1 is 1.21 bits per heavy atom. The van der Waals surface area contributed by atoms with Crippen molar-refractivity contribution in [3.63, 3.8) is 0 Å². The van der Waals surface area contributed by atoms with Gasteiger partial charge in [-0.05, 0) is 30.4 Å². The fourth-order valence-electron chi connectivity index (χ4n) is 1.50. The van der Waals surface area contributed by atoms with Crippen LogP contribution in [0.25, 0.3) is 0 Å². The predicted molar refractivity (Wildman–Crippen MR) is 73.3 cm³/mol. The molecule has 1 aromatic heterocycles. The van der Waals surface area contributed by atoms with E-state index in [0.29, 0.717) is 11.2 Å². The van der Waals surface area contributed by atoms with Crippen molar-refractivity contribution in [1.82, 2.24) is 9.63 Å². The van der Waals surface area contributed by atoms with Crippen molar-refractivity contribution in [2.75, 3.05) is 14.1 Å². The summed E-state index contributed by atoms with van der Waals surface area (Å²) >= 11 is 0. The number of nitrogens with one attached hydrogen (secondary N) is 1. The minimum Gasteiger partial charge on any atom is -0.427 e. The van der Waals surface area contributed by atoms with Gasteiger partial charge in [-0.1, -0.05) is 6.07 Å². The topological polar surface area (TPSA) is 77.0 Å². The molecule has 0 radical (unpaired) electrons. The summed E-state index contributed by atoms with van der Waals surface area (Å²) in [6, 6.07) is 5.06. The Balaban J connectivity index is 2.29. The fraction of sp³-hybridized carbons (Fsp3) is 0.154. The van der Waals surface area contributed by atoms with Gasteiger partial charge < -0.3 is 10.1 Å². The Morgan fingerprint density at radius 2 is 2.00 bits per heavy atom. The molecule has 1 aliphatic rings. The summed E-state index contributed by atoms with van der Waals surface area (Å²) in [6.07, 6.45) is 6.77. The first-order valence-corrected chi connectivity index (χ1v) is 5.72. The standard InChI is InChI=1S/C13H15N5O/c1-17(2)10-6-7-12(11(14)9-10)15-16-13-5-3-4-8-18(13)19/h3-9,14,19H,1-2H3/b14-11?,15-12-,16-13+. The van der Waals surface area contributed by atoms with E-state index in [0.717, 1.165) is 10.4 Å². The normalized spacial score (nSPS) is 17.8. The second kappa shape index (κ2) is 5.34. The molecule has 0 saturated heterocycles. The molecule has 98 valence electrons. The SMILES string of the molecule is CN(C)C1=CC(=N)/C(=N\N=c2/ccccn2O)C=C1. The number of aromatic nitrogens is 1. The summed E-state index contributed by atoms with van der Waals surface area (Å²) in [5.41, 5.74) is 1.98. The molecule has 0 aromatic carbocycles. The summed E-state index contributed by atoms with van der Waals surface area (Å²) in [5, 5.41) is 25.3. The van der Waals surface area contributed by atoms with Crippen LogP contribution in [0.1, 0.15) is 0 Å². The van der Waals surface area contributed by atoms with Crippen LogP contribution in [0.15, 0.2) is 58.5 Å². The van der Waals surface area contributed by atoms with E-state index in [4.69, 9.17) is 5.41 Å². The molecule has 2 N–H and O–H groups in total. The van der Waals surface area contributed by atoms with Crippen LogP contribution in [0.5, 0.6) is 0 Å². The van der Waals surface area contributed by atoms with Crippen molar-refractivity contribution in [2.24, 2.45) is 10.2 Å². The quantitative estimate of drug-likeness (QED) is 0.471. The number of hydrogen-bond donors (Lipinski definition) is 2. The van der Waals surface area contributed by atoms with Gasteiger partial charge in [0.05, 0.1) is 5.71 Å². The second-order valence-electron chi connectivity index (χ2n) is 4.20. The number of allylic oxidation sites excluding steroid dienone is 3. The second-order valence-corrected chi connectivity index (χ2v) is 4.20. The lowest BCUT2D eigenvalue weighted by molar-refractivity contribution is 0.171. The van der Waals surface area contributed by atoms with Crippen molar-refractivity contribution in [2.45, 2.75) is 0 Å². The van der Waals surface area contributed by atoms with Gasteiger partial charge in [-0.25, -0.2) is 0 Å². The predicted octanol–water partition coefficient (Wildman–Crippen LogP) is 1.02. The van der Waals surface area contributed by atoms with Crippen molar-refractivity contribution in [3.8, 4) is 0 Å². The maximum absolute atomic E-state index is 9.48. The van der Waals surface area contributed by atoms with Crippen LogP contribution in [0.3, 0.4) is 0 Å². The molecule has 0 atom stereocenters. The number of pyridine rings is 1. The van der Waals surface area contributed by atoms with Gasteiger partial charge in [0.1, 0.15) is 5.71 Å². The number of nitrogens with zero attached hydrogens (tertiary/aromatic N) is 4. The lowest BCUT2D eigenvalue weighted by Crippen LogP contribution is -2.20. The fourth-order valence-corrected chi connectivity index (χ4v) is 1.50. The number of rotatable bonds is 2. The highest BCUT2D eigenvalue weighted by Crippen LogP contribution is 2.08. The highest BCUT2D eigenvalue weighted by Gasteiger charge is 2.09. The van der Waals surface area contributed by atoms with Crippen molar-refractivity contribution in [3.05, 3.63) is 53.8 Å². The summed E-state index contributed by atoms with van der Waals surface area (Å²) in [4.78, 5) is 1.91. The Labute approximate surface area is 110 Å². The molecule has 0 amide bonds. The van der Waals surface area contributed by atoms with Gasteiger partial charge in [-0.15, -0.1) is 10.2 Å². The molecule has 1 aliphatic carbocycles. The van der Waals surface area contributed by atoms with E-state index in [2.05, 4.69) is 10.2 Å². The van der Waals surface area contributed by atoms with Crippen LogP contribution < -0.4 is 5.49 Å². The summed E-state index contributed by atoms with van der Waals surface area (Å²) in [6.45, 7) is 0. The molecule has 2 rings (SSSR count). The first-order valence-electron chi connectivity index (χ1n) is 5.72. The largest absolute Gasteiger partial charge is 0.427 e. The Kier molecular flexibility index (Phi) is 3.61. The van der Waals surface area contributed by atoms with E-state index in [1.807, 2.05) is 25.1 Å². The molecule has 0 saturated carbocycles. The maximum Gasteiger partial charge on any atom is 0.189 e. The van der Waals surface area contributed by atoms with Gasteiger partial charge >= 0.3 is 0 Å². The van der Waals surface area contributed by atoms with Crippen LogP contribution in [-0.4, -0.2) is 40.4 Å². The molecular weight excluding hydrogens is 242 g/mol. The van der Waals surface area contributed by atoms with E-state index < -0.39 is 0 Å². The summed E-state index contributed by atoms with van der Waals surface area (Å²) in [7, 11) is 3.82. The first-order chi connectivity index (χ1) is 9.08. The summed E-state index contributed by atoms with van der Waals surface area (Å²) < 4.78 is 0.876. The lowest BCUT2D eigenvalue weighted by atomic mass is 10.1. The molecule has 0 fully saturated rings.